The highest BCUT2D eigenvalue weighted by atomic mass is 32.1. The van der Waals surface area contributed by atoms with Gasteiger partial charge in [-0.1, -0.05) is 82.0 Å². The second kappa shape index (κ2) is 8.03. The lowest BCUT2D eigenvalue weighted by molar-refractivity contribution is 0.415. The highest BCUT2D eigenvalue weighted by Gasteiger charge is 2.23. The molecule has 0 amide bonds. The topological polar surface area (TPSA) is 12.9 Å². The number of benzene rings is 3. The monoisotopic (exact) mass is 481 g/mol. The molecule has 3 aromatic carbocycles. The predicted octanol–water partition coefficient (Wildman–Crippen LogP) is 9.02. The van der Waals surface area contributed by atoms with E-state index < -0.39 is 8.07 Å². The molecule has 0 spiro atoms. The van der Waals surface area contributed by atoms with Crippen LogP contribution in [0.15, 0.2) is 54.6 Å². The molecule has 0 unspecified atom stereocenters. The van der Waals surface area contributed by atoms with E-state index in [4.69, 9.17) is 4.98 Å². The SMILES string of the molecule is Cc1cc(C)c2c(c1)nc(-c1cc([Si](C)(C)C)c3ccccc3c1)c1cc(CC(C)(C)C)sc12. The van der Waals surface area contributed by atoms with Crippen molar-refractivity contribution in [2.75, 3.05) is 0 Å². The van der Waals surface area contributed by atoms with Crippen LogP contribution in [0.5, 0.6) is 0 Å². The number of thiophene rings is 1. The van der Waals surface area contributed by atoms with Gasteiger partial charge in [0.2, 0.25) is 0 Å². The van der Waals surface area contributed by atoms with Crippen molar-refractivity contribution in [1.29, 1.82) is 0 Å². The van der Waals surface area contributed by atoms with Crippen LogP contribution in [-0.4, -0.2) is 13.1 Å². The Hall–Kier alpha value is -2.49. The molecule has 1 nitrogen and oxygen atoms in total. The summed E-state index contributed by atoms with van der Waals surface area (Å²) < 4.78 is 1.39. The Morgan fingerprint density at radius 3 is 2.32 bits per heavy atom. The quantitative estimate of drug-likeness (QED) is 0.234. The van der Waals surface area contributed by atoms with Crippen molar-refractivity contribution in [3.8, 4) is 11.3 Å². The Kier molecular flexibility index (Phi) is 5.49. The molecule has 0 saturated carbocycles. The van der Waals surface area contributed by atoms with Gasteiger partial charge in [0.1, 0.15) is 0 Å². The van der Waals surface area contributed by atoms with Gasteiger partial charge in [0.15, 0.2) is 0 Å². The second-order valence-corrected chi connectivity index (χ2v) is 18.3. The van der Waals surface area contributed by atoms with Gasteiger partial charge in [-0.25, -0.2) is 4.98 Å². The van der Waals surface area contributed by atoms with Crippen LogP contribution in [0.2, 0.25) is 19.6 Å². The van der Waals surface area contributed by atoms with Gasteiger partial charge < -0.3 is 0 Å². The number of hydrogen-bond donors (Lipinski definition) is 0. The summed E-state index contributed by atoms with van der Waals surface area (Å²) in [6, 6.07) is 20.7. The number of nitrogens with zero attached hydrogens (tertiary/aromatic N) is 1. The van der Waals surface area contributed by atoms with E-state index in [2.05, 4.69) is 109 Å². The molecular weight excluding hydrogens is 447 g/mol. The maximum Gasteiger partial charge on any atom is 0.0796 e. The van der Waals surface area contributed by atoms with Crippen LogP contribution in [-0.2, 0) is 6.42 Å². The van der Waals surface area contributed by atoms with Gasteiger partial charge in [0.05, 0.1) is 19.3 Å². The largest absolute Gasteiger partial charge is 0.247 e. The summed E-state index contributed by atoms with van der Waals surface area (Å²) >= 11 is 1.96. The minimum Gasteiger partial charge on any atom is -0.247 e. The van der Waals surface area contributed by atoms with Crippen LogP contribution < -0.4 is 5.19 Å². The number of fused-ring (bicyclic) bond motifs is 4. The maximum absolute atomic E-state index is 5.36. The van der Waals surface area contributed by atoms with Crippen molar-refractivity contribution in [3.05, 3.63) is 70.6 Å². The van der Waals surface area contributed by atoms with E-state index in [9.17, 15) is 0 Å². The number of hydrogen-bond acceptors (Lipinski definition) is 2. The Labute approximate surface area is 208 Å². The molecule has 0 radical (unpaired) electrons. The summed E-state index contributed by atoms with van der Waals surface area (Å²) in [7, 11) is -1.55. The number of aromatic nitrogens is 1. The lowest BCUT2D eigenvalue weighted by atomic mass is 9.91. The first kappa shape index (κ1) is 23.3. The molecule has 0 aliphatic heterocycles. The minimum absolute atomic E-state index is 0.254. The third-order valence-electron chi connectivity index (χ3n) is 6.60. The smallest absolute Gasteiger partial charge is 0.0796 e. The van der Waals surface area contributed by atoms with Crippen LogP contribution in [0.1, 0.15) is 36.8 Å². The number of pyridine rings is 1. The van der Waals surface area contributed by atoms with Gasteiger partial charge in [0.25, 0.3) is 0 Å². The lowest BCUT2D eigenvalue weighted by Gasteiger charge is -2.21. The van der Waals surface area contributed by atoms with Crippen LogP contribution >= 0.6 is 11.3 Å². The summed E-state index contributed by atoms with van der Waals surface area (Å²) in [4.78, 5) is 6.81. The van der Waals surface area contributed by atoms with Gasteiger partial charge in [0, 0.05) is 25.9 Å². The molecule has 0 aliphatic carbocycles. The Morgan fingerprint density at radius 1 is 0.882 bits per heavy atom. The molecule has 174 valence electrons. The van der Waals surface area contributed by atoms with E-state index in [1.54, 1.807) is 0 Å². The van der Waals surface area contributed by atoms with Crippen molar-refractivity contribution in [1.82, 2.24) is 4.98 Å². The van der Waals surface area contributed by atoms with Crippen molar-refractivity contribution >= 4 is 56.4 Å². The molecule has 2 heterocycles. The molecule has 0 fully saturated rings. The summed E-state index contributed by atoms with van der Waals surface area (Å²) in [5.74, 6) is 0. The van der Waals surface area contributed by atoms with E-state index in [1.165, 1.54) is 53.0 Å². The molecule has 5 rings (SSSR count). The van der Waals surface area contributed by atoms with Gasteiger partial charge in [-0.05, 0) is 65.8 Å². The zero-order valence-corrected chi connectivity index (χ0v) is 23.6. The minimum atomic E-state index is -1.55. The highest BCUT2D eigenvalue weighted by molar-refractivity contribution is 7.20. The summed E-state index contributed by atoms with van der Waals surface area (Å²) in [6.45, 7) is 18.7. The zero-order valence-electron chi connectivity index (χ0n) is 21.8. The average Bonchev–Trinajstić information content (AvgIpc) is 3.12. The fourth-order valence-electron chi connectivity index (χ4n) is 5.21. The normalized spacial score (nSPS) is 12.8. The maximum atomic E-state index is 5.36. The second-order valence-electron chi connectivity index (χ2n) is 12.1. The summed E-state index contributed by atoms with van der Waals surface area (Å²) in [5, 5.41) is 6.85. The lowest BCUT2D eigenvalue weighted by Crippen LogP contribution is -2.38. The first-order valence-electron chi connectivity index (χ1n) is 12.3. The standard InChI is InChI=1S/C31H35NSSi/c1-19-13-20(2)28-26(14-19)32-29(25-17-23(33-30(25)28)18-31(3,4)5)22-15-21-11-9-10-12-24(21)27(16-22)34(6,7)8/h9-17H,18H2,1-8H3. The molecule has 3 heteroatoms. The number of rotatable bonds is 3. The van der Waals surface area contributed by atoms with Crippen LogP contribution in [0.25, 0.3) is 43.0 Å². The molecule has 0 saturated heterocycles. The first-order valence-corrected chi connectivity index (χ1v) is 16.6. The third-order valence-corrected chi connectivity index (χ3v) is 9.79. The van der Waals surface area contributed by atoms with Crippen molar-refractivity contribution in [3.63, 3.8) is 0 Å². The van der Waals surface area contributed by atoms with E-state index in [0.717, 1.165) is 17.6 Å². The molecule has 2 aromatic heterocycles. The molecule has 0 aliphatic rings. The van der Waals surface area contributed by atoms with Crippen LogP contribution in [0.4, 0.5) is 0 Å². The van der Waals surface area contributed by atoms with Crippen LogP contribution in [0.3, 0.4) is 0 Å². The van der Waals surface area contributed by atoms with E-state index in [0.29, 0.717) is 0 Å². The van der Waals surface area contributed by atoms with Gasteiger partial charge in [-0.2, -0.15) is 0 Å². The fourth-order valence-corrected chi connectivity index (χ4v) is 8.41. The van der Waals surface area contributed by atoms with E-state index in [-0.39, 0.29) is 5.41 Å². The van der Waals surface area contributed by atoms with E-state index >= 15 is 0 Å². The molecule has 34 heavy (non-hydrogen) atoms. The van der Waals surface area contributed by atoms with Gasteiger partial charge in [-0.15, -0.1) is 11.3 Å². The van der Waals surface area contributed by atoms with Crippen molar-refractivity contribution in [2.45, 2.75) is 60.7 Å². The Bertz CT molecular complexity index is 1560. The Balaban J connectivity index is 1.89. The van der Waals surface area contributed by atoms with E-state index in [1.807, 2.05) is 11.3 Å². The molecule has 0 bridgehead atoms. The van der Waals surface area contributed by atoms with Crippen molar-refractivity contribution in [2.24, 2.45) is 5.41 Å². The highest BCUT2D eigenvalue weighted by Crippen LogP contribution is 2.41. The number of aryl methyl sites for hydroxylation is 2. The fraction of sp³-hybridized carbons (Fsp3) is 0.323. The molecule has 0 atom stereocenters. The van der Waals surface area contributed by atoms with Gasteiger partial charge >= 0.3 is 0 Å². The van der Waals surface area contributed by atoms with Crippen LogP contribution in [0, 0.1) is 19.3 Å². The first-order chi connectivity index (χ1) is 15.9. The van der Waals surface area contributed by atoms with Crippen molar-refractivity contribution < 1.29 is 0 Å². The summed E-state index contributed by atoms with van der Waals surface area (Å²) in [6.07, 6.45) is 1.08. The zero-order chi connectivity index (χ0) is 24.4. The van der Waals surface area contributed by atoms with Gasteiger partial charge in [-0.3, -0.25) is 0 Å². The Morgan fingerprint density at radius 2 is 1.62 bits per heavy atom. The molecule has 5 aromatic rings. The predicted molar refractivity (Wildman–Crippen MR) is 156 cm³/mol. The molecule has 0 N–H and O–H groups in total. The third kappa shape index (κ3) is 4.21. The molecular formula is C31H35NSSi. The average molecular weight is 482 g/mol. The summed E-state index contributed by atoms with van der Waals surface area (Å²) in [5.41, 5.74) is 6.35.